The van der Waals surface area contributed by atoms with Crippen molar-refractivity contribution >= 4 is 23.3 Å². The minimum absolute atomic E-state index is 0.304. The summed E-state index contributed by atoms with van der Waals surface area (Å²) in [6.07, 6.45) is 1.98. The summed E-state index contributed by atoms with van der Waals surface area (Å²) in [6.45, 7) is 0.942. The fourth-order valence-electron chi connectivity index (χ4n) is 2.17. The minimum atomic E-state index is -0.304. The summed E-state index contributed by atoms with van der Waals surface area (Å²) < 4.78 is 4.78. The Hall–Kier alpha value is -1.22. The first kappa shape index (κ1) is 11.3. The van der Waals surface area contributed by atoms with Gasteiger partial charge in [0.1, 0.15) is 0 Å². The Morgan fingerprint density at radius 3 is 2.94 bits per heavy atom. The third-order valence-corrected chi connectivity index (χ3v) is 3.29. The molecule has 0 bridgehead atoms. The van der Waals surface area contributed by atoms with Crippen LogP contribution >= 0.6 is 11.6 Å². The van der Waals surface area contributed by atoms with Gasteiger partial charge in [-0.15, -0.1) is 0 Å². The molecule has 0 fully saturated rings. The molecule has 16 heavy (non-hydrogen) atoms. The molecule has 0 N–H and O–H groups in total. The standard InChI is InChI=1S/C12H14ClNO2/c1-14-7-3-4-8-10(13)6-5-9(11(8)14)12(15)16-2/h5-6H,3-4,7H2,1-2H3. The molecule has 0 radical (unpaired) electrons. The van der Waals surface area contributed by atoms with Crippen molar-refractivity contribution in [3.63, 3.8) is 0 Å². The molecule has 1 heterocycles. The quantitative estimate of drug-likeness (QED) is 0.706. The van der Waals surface area contributed by atoms with Gasteiger partial charge in [0.05, 0.1) is 18.4 Å². The summed E-state index contributed by atoms with van der Waals surface area (Å²) in [7, 11) is 3.37. The van der Waals surface area contributed by atoms with E-state index in [1.54, 1.807) is 12.1 Å². The van der Waals surface area contributed by atoms with Gasteiger partial charge in [-0.05, 0) is 30.5 Å². The van der Waals surface area contributed by atoms with Gasteiger partial charge in [0.25, 0.3) is 0 Å². The number of carbonyl (C=O) groups excluding carboxylic acids is 1. The number of carbonyl (C=O) groups is 1. The van der Waals surface area contributed by atoms with E-state index in [1.165, 1.54) is 7.11 Å². The average Bonchev–Trinajstić information content (AvgIpc) is 2.30. The molecule has 86 valence electrons. The number of benzene rings is 1. The van der Waals surface area contributed by atoms with Crippen molar-refractivity contribution in [3.05, 3.63) is 28.3 Å². The third kappa shape index (κ3) is 1.76. The van der Waals surface area contributed by atoms with Crippen molar-refractivity contribution < 1.29 is 9.53 Å². The van der Waals surface area contributed by atoms with Crippen LogP contribution in [0.2, 0.25) is 5.02 Å². The molecule has 0 unspecified atom stereocenters. The molecule has 1 aliphatic rings. The SMILES string of the molecule is COC(=O)c1ccc(Cl)c2c1N(C)CCC2. The van der Waals surface area contributed by atoms with E-state index in [4.69, 9.17) is 16.3 Å². The van der Waals surface area contributed by atoms with Crippen LogP contribution in [-0.4, -0.2) is 26.7 Å². The first-order valence-corrected chi connectivity index (χ1v) is 5.63. The number of methoxy groups -OCH3 is 1. The van der Waals surface area contributed by atoms with E-state index in [9.17, 15) is 4.79 Å². The molecule has 4 heteroatoms. The van der Waals surface area contributed by atoms with E-state index in [-0.39, 0.29) is 5.97 Å². The largest absolute Gasteiger partial charge is 0.465 e. The van der Waals surface area contributed by atoms with Crippen LogP contribution in [0, 0.1) is 0 Å². The second-order valence-electron chi connectivity index (χ2n) is 3.94. The number of hydrogen-bond acceptors (Lipinski definition) is 3. The smallest absolute Gasteiger partial charge is 0.339 e. The van der Waals surface area contributed by atoms with Crippen molar-refractivity contribution in [2.24, 2.45) is 0 Å². The lowest BCUT2D eigenvalue weighted by Crippen LogP contribution is -2.27. The van der Waals surface area contributed by atoms with Crippen molar-refractivity contribution in [1.29, 1.82) is 0 Å². The predicted octanol–water partition coefficient (Wildman–Crippen LogP) is 2.51. The maximum Gasteiger partial charge on any atom is 0.339 e. The summed E-state index contributed by atoms with van der Waals surface area (Å²) in [5.74, 6) is -0.304. The lowest BCUT2D eigenvalue weighted by atomic mass is 9.98. The van der Waals surface area contributed by atoms with E-state index < -0.39 is 0 Å². The van der Waals surface area contributed by atoms with Crippen LogP contribution in [0.25, 0.3) is 0 Å². The molecule has 0 aromatic heterocycles. The number of nitrogens with zero attached hydrogens (tertiary/aromatic N) is 1. The van der Waals surface area contributed by atoms with Crippen molar-refractivity contribution in [2.45, 2.75) is 12.8 Å². The van der Waals surface area contributed by atoms with Gasteiger partial charge in [0, 0.05) is 18.6 Å². The van der Waals surface area contributed by atoms with E-state index in [0.717, 1.165) is 35.7 Å². The highest BCUT2D eigenvalue weighted by Gasteiger charge is 2.23. The molecule has 0 saturated carbocycles. The highest BCUT2D eigenvalue weighted by molar-refractivity contribution is 6.32. The lowest BCUT2D eigenvalue weighted by Gasteiger charge is -2.29. The van der Waals surface area contributed by atoms with Crippen LogP contribution < -0.4 is 4.90 Å². The number of rotatable bonds is 1. The fourth-order valence-corrected chi connectivity index (χ4v) is 2.41. The molecule has 0 atom stereocenters. The monoisotopic (exact) mass is 239 g/mol. The first-order valence-electron chi connectivity index (χ1n) is 5.26. The van der Waals surface area contributed by atoms with Crippen LogP contribution in [0.1, 0.15) is 22.3 Å². The molecule has 0 amide bonds. The Morgan fingerprint density at radius 1 is 1.50 bits per heavy atom. The summed E-state index contributed by atoms with van der Waals surface area (Å²) in [4.78, 5) is 13.7. The fraction of sp³-hybridized carbons (Fsp3) is 0.417. The molecule has 1 aromatic carbocycles. The number of ether oxygens (including phenoxy) is 1. The van der Waals surface area contributed by atoms with Gasteiger partial charge in [-0.2, -0.15) is 0 Å². The number of esters is 1. The number of halogens is 1. The highest BCUT2D eigenvalue weighted by Crippen LogP contribution is 2.35. The topological polar surface area (TPSA) is 29.5 Å². The zero-order chi connectivity index (χ0) is 11.7. The van der Waals surface area contributed by atoms with E-state index in [0.29, 0.717) is 5.56 Å². The Bertz CT molecular complexity index is 431. The Balaban J connectivity index is 2.59. The lowest BCUT2D eigenvalue weighted by molar-refractivity contribution is 0.0601. The number of anilines is 1. The second kappa shape index (κ2) is 4.34. The van der Waals surface area contributed by atoms with Crippen LogP contribution in [-0.2, 0) is 11.2 Å². The molecule has 1 aliphatic heterocycles. The Kier molecular flexibility index (Phi) is 3.06. The molecular weight excluding hydrogens is 226 g/mol. The molecule has 2 rings (SSSR count). The van der Waals surface area contributed by atoms with Crippen molar-refractivity contribution in [3.8, 4) is 0 Å². The van der Waals surface area contributed by atoms with E-state index in [2.05, 4.69) is 4.90 Å². The maximum atomic E-state index is 11.7. The van der Waals surface area contributed by atoms with Gasteiger partial charge in [-0.3, -0.25) is 0 Å². The van der Waals surface area contributed by atoms with Crippen LogP contribution in [0.3, 0.4) is 0 Å². The summed E-state index contributed by atoms with van der Waals surface area (Å²) in [5, 5.41) is 0.731. The minimum Gasteiger partial charge on any atom is -0.465 e. The van der Waals surface area contributed by atoms with Gasteiger partial charge >= 0.3 is 5.97 Å². The molecule has 0 aliphatic carbocycles. The van der Waals surface area contributed by atoms with Gasteiger partial charge < -0.3 is 9.64 Å². The first-order chi connectivity index (χ1) is 7.65. The molecular formula is C12H14ClNO2. The predicted molar refractivity (Wildman–Crippen MR) is 64.4 cm³/mol. The van der Waals surface area contributed by atoms with Gasteiger partial charge in [-0.25, -0.2) is 4.79 Å². The highest BCUT2D eigenvalue weighted by atomic mass is 35.5. The normalized spacial score (nSPS) is 14.6. The average molecular weight is 240 g/mol. The maximum absolute atomic E-state index is 11.7. The summed E-state index contributed by atoms with van der Waals surface area (Å²) >= 11 is 6.15. The second-order valence-corrected chi connectivity index (χ2v) is 4.35. The third-order valence-electron chi connectivity index (χ3n) is 2.93. The Morgan fingerprint density at radius 2 is 2.25 bits per heavy atom. The molecule has 0 saturated heterocycles. The van der Waals surface area contributed by atoms with Gasteiger partial charge in [0.2, 0.25) is 0 Å². The van der Waals surface area contributed by atoms with Crippen LogP contribution in [0.4, 0.5) is 5.69 Å². The molecule has 1 aromatic rings. The summed E-state index contributed by atoms with van der Waals surface area (Å²) in [6, 6.07) is 3.50. The van der Waals surface area contributed by atoms with Crippen LogP contribution in [0.15, 0.2) is 12.1 Å². The molecule has 3 nitrogen and oxygen atoms in total. The number of hydrogen-bond donors (Lipinski definition) is 0. The summed E-state index contributed by atoms with van der Waals surface area (Å²) in [5.41, 5.74) is 2.58. The Labute approximate surface area is 100.0 Å². The van der Waals surface area contributed by atoms with Crippen LogP contribution in [0.5, 0.6) is 0 Å². The van der Waals surface area contributed by atoms with Crippen molar-refractivity contribution in [2.75, 3.05) is 25.6 Å². The van der Waals surface area contributed by atoms with Gasteiger partial charge in [0.15, 0.2) is 0 Å². The van der Waals surface area contributed by atoms with Gasteiger partial charge in [-0.1, -0.05) is 11.6 Å². The zero-order valence-corrected chi connectivity index (χ0v) is 10.2. The van der Waals surface area contributed by atoms with Crippen molar-refractivity contribution in [1.82, 2.24) is 0 Å². The number of fused-ring (bicyclic) bond motifs is 1. The zero-order valence-electron chi connectivity index (χ0n) is 9.42. The van der Waals surface area contributed by atoms with E-state index in [1.807, 2.05) is 7.05 Å². The molecule has 0 spiro atoms. The van der Waals surface area contributed by atoms with E-state index >= 15 is 0 Å².